The summed E-state index contributed by atoms with van der Waals surface area (Å²) in [6.07, 6.45) is 10.0. The maximum absolute atomic E-state index is 13.4. The number of hydrogen-bond donors (Lipinski definition) is 3. The van der Waals surface area contributed by atoms with Gasteiger partial charge >= 0.3 is 5.97 Å². The molecule has 1 aromatic carbocycles. The van der Waals surface area contributed by atoms with Crippen LogP contribution >= 0.6 is 0 Å². The summed E-state index contributed by atoms with van der Waals surface area (Å²) in [6.45, 7) is 2.15. The summed E-state index contributed by atoms with van der Waals surface area (Å²) >= 11 is 0. The molecule has 3 aromatic rings. The van der Waals surface area contributed by atoms with Crippen LogP contribution in [0.1, 0.15) is 67.8 Å². The number of unbranched alkanes of at least 4 members (excludes halogenated alkanes) is 4. The van der Waals surface area contributed by atoms with Crippen LogP contribution in [0.3, 0.4) is 0 Å². The molecule has 4 rings (SSSR count). The molecule has 1 aliphatic heterocycles. The smallest absolute Gasteiger partial charge is 0.331 e. The number of hydrogen-bond acceptors (Lipinski definition) is 5. The zero-order chi connectivity index (χ0) is 24.1. The standard InChI is InChI=1S/C26H33N5O3/c1-3-4-5-6-7-14-26(25(33)34,22-13-11-18-9-8-15-27-23(18)29-22)30-24(32)19-10-12-21-20(16-19)17-28-31(21)2/h8-10,12,15-17,22H,3-7,11,13-14H2,1-2H3,(H,27,29)(H,30,32)(H,33,34). The molecule has 0 bridgehead atoms. The van der Waals surface area contributed by atoms with Crippen LogP contribution in [0.25, 0.3) is 10.9 Å². The van der Waals surface area contributed by atoms with Crippen LogP contribution in [0.15, 0.2) is 42.7 Å². The molecule has 2 unspecified atom stereocenters. The number of aliphatic carboxylic acids is 1. The second-order valence-electron chi connectivity index (χ2n) is 9.18. The molecule has 8 nitrogen and oxygen atoms in total. The van der Waals surface area contributed by atoms with Gasteiger partial charge in [0.25, 0.3) is 5.91 Å². The lowest BCUT2D eigenvalue weighted by Crippen LogP contribution is -2.65. The summed E-state index contributed by atoms with van der Waals surface area (Å²) in [5, 5.41) is 21.9. The average molecular weight is 464 g/mol. The van der Waals surface area contributed by atoms with E-state index in [4.69, 9.17) is 0 Å². The van der Waals surface area contributed by atoms with Crippen LogP contribution in [0.5, 0.6) is 0 Å². The molecule has 0 spiro atoms. The Morgan fingerprint density at radius 3 is 2.85 bits per heavy atom. The maximum Gasteiger partial charge on any atom is 0.331 e. The van der Waals surface area contributed by atoms with Crippen LogP contribution < -0.4 is 10.6 Å². The first kappa shape index (κ1) is 23.7. The minimum Gasteiger partial charge on any atom is -0.479 e. The minimum atomic E-state index is -1.44. The quantitative estimate of drug-likeness (QED) is 0.387. The summed E-state index contributed by atoms with van der Waals surface area (Å²) in [7, 11) is 1.84. The van der Waals surface area contributed by atoms with Crippen molar-refractivity contribution in [3.8, 4) is 0 Å². The molecule has 2 atom stereocenters. The van der Waals surface area contributed by atoms with Gasteiger partial charge in [-0.25, -0.2) is 9.78 Å². The molecule has 3 N–H and O–H groups in total. The van der Waals surface area contributed by atoms with E-state index in [2.05, 4.69) is 27.6 Å². The first-order chi connectivity index (χ1) is 16.4. The fourth-order valence-electron chi connectivity index (χ4n) is 4.90. The van der Waals surface area contributed by atoms with Crippen LogP contribution in [-0.2, 0) is 18.3 Å². The molecule has 0 fully saturated rings. The molecule has 0 saturated carbocycles. The van der Waals surface area contributed by atoms with Crippen molar-refractivity contribution in [2.24, 2.45) is 7.05 Å². The Kier molecular flexibility index (Phi) is 7.14. The van der Waals surface area contributed by atoms with Crippen molar-refractivity contribution < 1.29 is 14.7 Å². The fourth-order valence-corrected chi connectivity index (χ4v) is 4.90. The van der Waals surface area contributed by atoms with Crippen molar-refractivity contribution in [2.45, 2.75) is 69.9 Å². The van der Waals surface area contributed by atoms with Gasteiger partial charge in [-0.05, 0) is 49.1 Å². The number of anilines is 1. The SMILES string of the molecule is CCCCCCCC(NC(=O)c1ccc2c(cnn2C)c1)(C(=O)O)C1CCc2cccnc2N1. The largest absolute Gasteiger partial charge is 0.479 e. The van der Waals surface area contributed by atoms with E-state index in [1.807, 2.05) is 25.2 Å². The van der Waals surface area contributed by atoms with Gasteiger partial charge < -0.3 is 15.7 Å². The Morgan fingerprint density at radius 2 is 2.06 bits per heavy atom. The van der Waals surface area contributed by atoms with Crippen molar-refractivity contribution in [2.75, 3.05) is 5.32 Å². The van der Waals surface area contributed by atoms with Gasteiger partial charge in [-0.2, -0.15) is 5.10 Å². The first-order valence-corrected chi connectivity index (χ1v) is 12.1. The number of benzene rings is 1. The summed E-state index contributed by atoms with van der Waals surface area (Å²) < 4.78 is 1.74. The molecule has 1 amide bonds. The number of carbonyl (C=O) groups is 2. The van der Waals surface area contributed by atoms with Gasteiger partial charge in [0, 0.05) is 24.2 Å². The lowest BCUT2D eigenvalue weighted by molar-refractivity contribution is -0.145. The Hall–Kier alpha value is -3.42. The Labute approximate surface area is 199 Å². The molecule has 0 saturated heterocycles. The van der Waals surface area contributed by atoms with Crippen LogP contribution in [0, 0.1) is 0 Å². The number of nitrogens with one attached hydrogen (secondary N) is 2. The molecular formula is C26H33N5O3. The summed E-state index contributed by atoms with van der Waals surface area (Å²) in [4.78, 5) is 30.7. The Bertz CT molecular complexity index is 1170. The highest BCUT2D eigenvalue weighted by atomic mass is 16.4. The van der Waals surface area contributed by atoms with E-state index in [0.717, 1.165) is 48.6 Å². The van der Waals surface area contributed by atoms with E-state index in [1.165, 1.54) is 0 Å². The number of carboxylic acids is 1. The van der Waals surface area contributed by atoms with Crippen molar-refractivity contribution in [3.05, 3.63) is 53.9 Å². The van der Waals surface area contributed by atoms with Gasteiger partial charge in [-0.15, -0.1) is 0 Å². The number of pyridine rings is 1. The second-order valence-corrected chi connectivity index (χ2v) is 9.18. The highest BCUT2D eigenvalue weighted by Gasteiger charge is 2.48. The molecule has 0 aliphatic carbocycles. The summed E-state index contributed by atoms with van der Waals surface area (Å²) in [5.74, 6) is -0.715. The number of nitrogens with zero attached hydrogens (tertiary/aromatic N) is 3. The fraction of sp³-hybridized carbons (Fsp3) is 0.462. The number of aryl methyl sites for hydroxylation is 2. The maximum atomic E-state index is 13.4. The predicted octanol–water partition coefficient (Wildman–Crippen LogP) is 4.31. The number of rotatable bonds is 10. The van der Waals surface area contributed by atoms with Crippen molar-refractivity contribution in [3.63, 3.8) is 0 Å². The lowest BCUT2D eigenvalue weighted by Gasteiger charge is -2.41. The van der Waals surface area contributed by atoms with E-state index >= 15 is 0 Å². The second kappa shape index (κ2) is 10.2. The van der Waals surface area contributed by atoms with Gasteiger partial charge in [0.1, 0.15) is 5.82 Å². The van der Waals surface area contributed by atoms with Gasteiger partial charge in [0.15, 0.2) is 5.54 Å². The van der Waals surface area contributed by atoms with Crippen molar-refractivity contribution in [1.29, 1.82) is 0 Å². The highest BCUT2D eigenvalue weighted by Crippen LogP contribution is 2.32. The summed E-state index contributed by atoms with van der Waals surface area (Å²) in [6, 6.07) is 8.73. The zero-order valence-corrected chi connectivity index (χ0v) is 19.9. The van der Waals surface area contributed by atoms with Gasteiger partial charge in [0.2, 0.25) is 0 Å². The number of carboxylic acid groups (broad SMARTS) is 1. The molecule has 3 heterocycles. The van der Waals surface area contributed by atoms with E-state index < -0.39 is 23.5 Å². The Morgan fingerprint density at radius 1 is 1.24 bits per heavy atom. The van der Waals surface area contributed by atoms with Crippen LogP contribution in [0.2, 0.25) is 0 Å². The Balaban J connectivity index is 1.62. The highest BCUT2D eigenvalue weighted by molar-refractivity contribution is 6.01. The molecule has 2 aromatic heterocycles. The molecule has 8 heteroatoms. The average Bonchev–Trinajstić information content (AvgIpc) is 3.22. The van der Waals surface area contributed by atoms with Crippen LogP contribution in [-0.4, -0.2) is 43.3 Å². The molecule has 1 aliphatic rings. The third kappa shape index (κ3) is 4.76. The molecule has 180 valence electrons. The van der Waals surface area contributed by atoms with Crippen molar-refractivity contribution >= 4 is 28.6 Å². The van der Waals surface area contributed by atoms with Crippen molar-refractivity contribution in [1.82, 2.24) is 20.1 Å². The topological polar surface area (TPSA) is 109 Å². The lowest BCUT2D eigenvalue weighted by atomic mass is 9.79. The monoisotopic (exact) mass is 463 g/mol. The normalized spacial score (nSPS) is 16.9. The van der Waals surface area contributed by atoms with Gasteiger partial charge in [-0.3, -0.25) is 9.48 Å². The molecule has 0 radical (unpaired) electrons. The van der Waals surface area contributed by atoms with Gasteiger partial charge in [0.05, 0.1) is 17.8 Å². The first-order valence-electron chi connectivity index (χ1n) is 12.1. The van der Waals surface area contributed by atoms with Crippen LogP contribution in [0.4, 0.5) is 5.82 Å². The number of carbonyl (C=O) groups excluding carboxylic acids is 1. The third-order valence-electron chi connectivity index (χ3n) is 6.90. The number of aromatic nitrogens is 3. The molecule has 34 heavy (non-hydrogen) atoms. The van der Waals surface area contributed by atoms with E-state index in [-0.39, 0.29) is 0 Å². The minimum absolute atomic E-state index is 0.354. The van der Waals surface area contributed by atoms with E-state index in [0.29, 0.717) is 30.6 Å². The van der Waals surface area contributed by atoms with E-state index in [9.17, 15) is 14.7 Å². The van der Waals surface area contributed by atoms with Gasteiger partial charge in [-0.1, -0.05) is 45.1 Å². The third-order valence-corrected chi connectivity index (χ3v) is 6.90. The zero-order valence-electron chi connectivity index (χ0n) is 19.9. The number of fused-ring (bicyclic) bond motifs is 2. The van der Waals surface area contributed by atoms with E-state index in [1.54, 1.807) is 29.2 Å². The molecular weight excluding hydrogens is 430 g/mol. The predicted molar refractivity (Wildman–Crippen MR) is 132 cm³/mol. The number of amides is 1. The summed E-state index contributed by atoms with van der Waals surface area (Å²) in [5.41, 5.74) is 0.956.